The maximum Gasteiger partial charge on any atom is 0.410 e. The summed E-state index contributed by atoms with van der Waals surface area (Å²) in [6, 6.07) is -0.0609. The summed E-state index contributed by atoms with van der Waals surface area (Å²) in [5, 5.41) is 7.77. The summed E-state index contributed by atoms with van der Waals surface area (Å²) >= 11 is 0. The predicted octanol–water partition coefficient (Wildman–Crippen LogP) is 0.719. The first-order chi connectivity index (χ1) is 9.40. The van der Waals surface area contributed by atoms with Crippen molar-refractivity contribution in [1.29, 1.82) is 0 Å². The summed E-state index contributed by atoms with van der Waals surface area (Å²) in [6.45, 7) is 6.29. The molecule has 1 aliphatic heterocycles. The molecule has 0 aliphatic carbocycles. The van der Waals surface area contributed by atoms with Gasteiger partial charge in [0.05, 0.1) is 24.9 Å². The third-order valence-electron chi connectivity index (χ3n) is 3.12. The summed E-state index contributed by atoms with van der Waals surface area (Å²) in [7, 11) is 0. The average molecular weight is 283 g/mol. The Balaban J connectivity index is 2.07. The number of ether oxygens (including phenoxy) is 1. The fourth-order valence-corrected chi connectivity index (χ4v) is 2.31. The fourth-order valence-electron chi connectivity index (χ4n) is 2.31. The molecule has 0 bridgehead atoms. The van der Waals surface area contributed by atoms with Crippen LogP contribution in [0.3, 0.4) is 0 Å². The highest BCUT2D eigenvalue weighted by molar-refractivity contribution is 5.69. The first kappa shape index (κ1) is 14.7. The van der Waals surface area contributed by atoms with Crippen LogP contribution in [-0.2, 0) is 9.57 Å². The van der Waals surface area contributed by atoms with E-state index >= 15 is 0 Å². The van der Waals surface area contributed by atoms with Gasteiger partial charge in [0.25, 0.3) is 0 Å². The number of aromatic nitrogens is 3. The normalized spacial score (nSPS) is 23.1. The number of hydrogen-bond donors (Lipinski definition) is 1. The van der Waals surface area contributed by atoms with Crippen LogP contribution in [0.4, 0.5) is 4.79 Å². The van der Waals surface area contributed by atoms with Crippen molar-refractivity contribution in [2.24, 2.45) is 5.90 Å². The van der Waals surface area contributed by atoms with Gasteiger partial charge in [-0.15, -0.1) is 5.10 Å². The van der Waals surface area contributed by atoms with E-state index in [1.807, 2.05) is 20.8 Å². The van der Waals surface area contributed by atoms with Crippen molar-refractivity contribution in [3.05, 3.63) is 12.4 Å². The molecule has 1 amide bonds. The number of nitrogens with zero attached hydrogens (tertiary/aromatic N) is 4. The molecule has 1 aliphatic rings. The van der Waals surface area contributed by atoms with Gasteiger partial charge >= 0.3 is 6.09 Å². The van der Waals surface area contributed by atoms with Gasteiger partial charge in [0.15, 0.2) is 0 Å². The molecular formula is C12H21N5O3. The Morgan fingerprint density at radius 3 is 2.80 bits per heavy atom. The second-order valence-corrected chi connectivity index (χ2v) is 5.89. The first-order valence-corrected chi connectivity index (χ1v) is 6.58. The summed E-state index contributed by atoms with van der Waals surface area (Å²) in [4.78, 5) is 18.6. The Bertz CT molecular complexity index is 442. The summed E-state index contributed by atoms with van der Waals surface area (Å²) in [5.74, 6) is 5.15. The SMILES string of the molecule is CC(C)(C)OC(=O)N1C[C@@H](n2ccnn2)C[C@H]1CON. The Kier molecular flexibility index (Phi) is 4.24. The van der Waals surface area contributed by atoms with Crippen LogP contribution < -0.4 is 5.90 Å². The molecule has 2 heterocycles. The molecule has 1 aromatic heterocycles. The molecular weight excluding hydrogens is 262 g/mol. The van der Waals surface area contributed by atoms with E-state index in [0.29, 0.717) is 13.0 Å². The van der Waals surface area contributed by atoms with E-state index in [1.165, 1.54) is 0 Å². The number of carbonyl (C=O) groups is 1. The summed E-state index contributed by atoms with van der Waals surface area (Å²) < 4.78 is 7.15. The van der Waals surface area contributed by atoms with Gasteiger partial charge in [-0.05, 0) is 27.2 Å². The molecule has 2 rings (SSSR count). The maximum absolute atomic E-state index is 12.2. The minimum absolute atomic E-state index is 0.0603. The lowest BCUT2D eigenvalue weighted by Crippen LogP contribution is -2.42. The molecule has 1 fully saturated rings. The van der Waals surface area contributed by atoms with E-state index in [9.17, 15) is 4.79 Å². The topological polar surface area (TPSA) is 95.5 Å². The van der Waals surface area contributed by atoms with Crippen molar-refractivity contribution < 1.29 is 14.4 Å². The van der Waals surface area contributed by atoms with Crippen molar-refractivity contribution in [2.45, 2.75) is 44.9 Å². The van der Waals surface area contributed by atoms with Crippen LogP contribution in [0.2, 0.25) is 0 Å². The Hall–Kier alpha value is -1.67. The molecule has 20 heavy (non-hydrogen) atoms. The highest BCUT2D eigenvalue weighted by Gasteiger charge is 2.38. The Morgan fingerprint density at radius 2 is 2.25 bits per heavy atom. The highest BCUT2D eigenvalue weighted by atomic mass is 16.6. The number of carbonyl (C=O) groups excluding carboxylic acids is 1. The first-order valence-electron chi connectivity index (χ1n) is 6.58. The van der Waals surface area contributed by atoms with Gasteiger partial charge in [-0.1, -0.05) is 5.21 Å². The molecule has 0 radical (unpaired) electrons. The number of rotatable bonds is 3. The van der Waals surface area contributed by atoms with Crippen LogP contribution in [0, 0.1) is 0 Å². The second-order valence-electron chi connectivity index (χ2n) is 5.89. The number of hydrogen-bond acceptors (Lipinski definition) is 6. The number of likely N-dealkylation sites (tertiary alicyclic amines) is 1. The largest absolute Gasteiger partial charge is 0.444 e. The molecule has 0 saturated carbocycles. The average Bonchev–Trinajstić information content (AvgIpc) is 2.94. The van der Waals surface area contributed by atoms with Crippen LogP contribution in [0.1, 0.15) is 33.2 Å². The number of amides is 1. The van der Waals surface area contributed by atoms with E-state index in [2.05, 4.69) is 10.3 Å². The van der Waals surface area contributed by atoms with E-state index < -0.39 is 5.60 Å². The van der Waals surface area contributed by atoms with Crippen LogP contribution >= 0.6 is 0 Å². The molecule has 112 valence electrons. The summed E-state index contributed by atoms with van der Waals surface area (Å²) in [5.41, 5.74) is -0.531. The van der Waals surface area contributed by atoms with Crippen LogP contribution in [0.5, 0.6) is 0 Å². The lowest BCUT2D eigenvalue weighted by molar-refractivity contribution is 0.0103. The van der Waals surface area contributed by atoms with Gasteiger partial charge in [0, 0.05) is 12.7 Å². The van der Waals surface area contributed by atoms with E-state index in [0.717, 1.165) is 0 Å². The van der Waals surface area contributed by atoms with E-state index in [-0.39, 0.29) is 24.8 Å². The maximum atomic E-state index is 12.2. The van der Waals surface area contributed by atoms with Gasteiger partial charge in [-0.2, -0.15) is 0 Å². The van der Waals surface area contributed by atoms with E-state index in [4.69, 9.17) is 15.5 Å². The standard InChI is InChI=1S/C12H21N5O3/c1-12(2,3)20-11(18)16-7-9(6-10(16)8-19-13)17-5-4-14-15-17/h4-5,9-10H,6-8,13H2,1-3H3/t9-,10-/m0/s1. The highest BCUT2D eigenvalue weighted by Crippen LogP contribution is 2.28. The fraction of sp³-hybridized carbons (Fsp3) is 0.750. The lowest BCUT2D eigenvalue weighted by Gasteiger charge is -2.27. The number of nitrogens with two attached hydrogens (primary N) is 1. The molecule has 1 saturated heterocycles. The third kappa shape index (κ3) is 3.45. The van der Waals surface area contributed by atoms with Gasteiger partial charge in [-0.25, -0.2) is 15.4 Å². The van der Waals surface area contributed by atoms with Crippen LogP contribution in [0.25, 0.3) is 0 Å². The smallest absolute Gasteiger partial charge is 0.410 e. The van der Waals surface area contributed by atoms with Crippen molar-refractivity contribution in [3.63, 3.8) is 0 Å². The Labute approximate surface area is 117 Å². The summed E-state index contributed by atoms with van der Waals surface area (Å²) in [6.07, 6.45) is 3.75. The molecule has 8 heteroatoms. The van der Waals surface area contributed by atoms with Gasteiger partial charge in [0.2, 0.25) is 0 Å². The van der Waals surface area contributed by atoms with Gasteiger partial charge in [0.1, 0.15) is 5.60 Å². The van der Waals surface area contributed by atoms with Crippen molar-refractivity contribution >= 4 is 6.09 Å². The van der Waals surface area contributed by atoms with Crippen LogP contribution in [0.15, 0.2) is 12.4 Å². The molecule has 2 atom stereocenters. The van der Waals surface area contributed by atoms with Crippen LogP contribution in [-0.4, -0.2) is 50.8 Å². The minimum atomic E-state index is -0.531. The quantitative estimate of drug-likeness (QED) is 0.821. The molecule has 0 unspecified atom stereocenters. The zero-order valence-corrected chi connectivity index (χ0v) is 12.0. The zero-order chi connectivity index (χ0) is 14.8. The van der Waals surface area contributed by atoms with Crippen molar-refractivity contribution in [2.75, 3.05) is 13.2 Å². The molecule has 0 aromatic carbocycles. The molecule has 8 nitrogen and oxygen atoms in total. The second kappa shape index (κ2) is 5.76. The van der Waals surface area contributed by atoms with E-state index in [1.54, 1.807) is 22.0 Å². The van der Waals surface area contributed by atoms with Crippen molar-refractivity contribution in [3.8, 4) is 0 Å². The molecule has 2 N–H and O–H groups in total. The Morgan fingerprint density at radius 1 is 1.50 bits per heavy atom. The third-order valence-corrected chi connectivity index (χ3v) is 3.12. The van der Waals surface area contributed by atoms with Gasteiger partial charge in [-0.3, -0.25) is 0 Å². The van der Waals surface area contributed by atoms with Crippen molar-refractivity contribution in [1.82, 2.24) is 19.9 Å². The minimum Gasteiger partial charge on any atom is -0.444 e. The molecule has 1 aromatic rings. The monoisotopic (exact) mass is 283 g/mol. The van der Waals surface area contributed by atoms with Gasteiger partial charge < -0.3 is 14.5 Å². The lowest BCUT2D eigenvalue weighted by atomic mass is 10.2. The predicted molar refractivity (Wildman–Crippen MR) is 70.5 cm³/mol. The zero-order valence-electron chi connectivity index (χ0n) is 12.0. The molecule has 0 spiro atoms.